The first-order valence-electron chi connectivity index (χ1n) is 7.59. The summed E-state index contributed by atoms with van der Waals surface area (Å²) >= 11 is 5.74. The molecule has 0 spiro atoms. The summed E-state index contributed by atoms with van der Waals surface area (Å²) < 4.78 is 6.75. The van der Waals surface area contributed by atoms with Crippen molar-refractivity contribution in [1.29, 1.82) is 0 Å². The first kappa shape index (κ1) is 20.2. The van der Waals surface area contributed by atoms with Gasteiger partial charge >= 0.3 is 5.97 Å². The van der Waals surface area contributed by atoms with Crippen LogP contribution in [0, 0.1) is 6.92 Å². The number of ether oxygens (including phenoxy) is 1. The molecule has 0 saturated carbocycles. The van der Waals surface area contributed by atoms with Crippen LogP contribution in [0.1, 0.15) is 34.6 Å². The van der Waals surface area contributed by atoms with Gasteiger partial charge in [-0.2, -0.15) is 0 Å². The van der Waals surface area contributed by atoms with Crippen molar-refractivity contribution in [3.05, 3.63) is 16.0 Å². The predicted molar refractivity (Wildman–Crippen MR) is 105 cm³/mol. The summed E-state index contributed by atoms with van der Waals surface area (Å²) in [7, 11) is 0. The maximum absolute atomic E-state index is 12.3. The Labute approximate surface area is 163 Å². The highest BCUT2D eigenvalue weighted by molar-refractivity contribution is 8.03. The fourth-order valence-corrected chi connectivity index (χ4v) is 5.45. The third kappa shape index (κ3) is 5.19. The van der Waals surface area contributed by atoms with Crippen LogP contribution in [-0.2, 0) is 16.0 Å². The molecule has 0 aromatic carbocycles. The van der Waals surface area contributed by atoms with Crippen molar-refractivity contribution in [1.82, 2.24) is 10.2 Å². The van der Waals surface area contributed by atoms with Crippen molar-refractivity contribution in [3.8, 4) is 0 Å². The van der Waals surface area contributed by atoms with Gasteiger partial charge in [0.15, 0.2) is 8.68 Å². The Morgan fingerprint density at radius 3 is 2.52 bits per heavy atom. The predicted octanol–water partition coefficient (Wildman–Crippen LogP) is 4.10. The van der Waals surface area contributed by atoms with E-state index in [0.29, 0.717) is 17.2 Å². The quantitative estimate of drug-likeness (QED) is 0.511. The van der Waals surface area contributed by atoms with Crippen molar-refractivity contribution in [3.63, 3.8) is 0 Å². The van der Waals surface area contributed by atoms with Crippen LogP contribution in [0.4, 0.5) is 5.00 Å². The molecule has 10 heteroatoms. The minimum Gasteiger partial charge on any atom is -0.462 e. The molecule has 0 aliphatic carbocycles. The topological polar surface area (TPSA) is 81.2 Å². The summed E-state index contributed by atoms with van der Waals surface area (Å²) in [6.45, 7) is 5.97. The van der Waals surface area contributed by atoms with Crippen molar-refractivity contribution < 1.29 is 14.3 Å². The van der Waals surface area contributed by atoms with Crippen LogP contribution in [0.2, 0.25) is 0 Å². The summed E-state index contributed by atoms with van der Waals surface area (Å²) in [6, 6.07) is 0. The Morgan fingerprint density at radius 2 is 1.92 bits per heavy atom. The maximum atomic E-state index is 12.3. The van der Waals surface area contributed by atoms with Crippen LogP contribution >= 0.6 is 46.2 Å². The number of amides is 1. The normalized spacial score (nSPS) is 10.7. The summed E-state index contributed by atoms with van der Waals surface area (Å²) in [4.78, 5) is 25.6. The molecule has 0 fully saturated rings. The molecule has 2 heterocycles. The maximum Gasteiger partial charge on any atom is 0.341 e. The van der Waals surface area contributed by atoms with Gasteiger partial charge in [0, 0.05) is 4.88 Å². The van der Waals surface area contributed by atoms with Crippen LogP contribution < -0.4 is 5.32 Å². The van der Waals surface area contributed by atoms with Gasteiger partial charge in [-0.3, -0.25) is 4.79 Å². The number of carbonyl (C=O) groups is 2. The molecule has 0 bridgehead atoms. The number of anilines is 1. The Hall–Kier alpha value is -1.10. The molecule has 2 aromatic heterocycles. The van der Waals surface area contributed by atoms with Crippen molar-refractivity contribution >= 4 is 63.1 Å². The van der Waals surface area contributed by atoms with Crippen LogP contribution in [-0.4, -0.2) is 40.7 Å². The highest BCUT2D eigenvalue weighted by atomic mass is 32.2. The van der Waals surface area contributed by atoms with Gasteiger partial charge in [0.1, 0.15) is 5.00 Å². The van der Waals surface area contributed by atoms with E-state index < -0.39 is 5.97 Å². The molecule has 0 atom stereocenters. The van der Waals surface area contributed by atoms with Gasteiger partial charge in [0.05, 0.1) is 17.9 Å². The molecule has 1 amide bonds. The number of hydrogen-bond donors (Lipinski definition) is 1. The lowest BCUT2D eigenvalue weighted by Crippen LogP contribution is -2.16. The van der Waals surface area contributed by atoms with Crippen LogP contribution in [0.3, 0.4) is 0 Å². The first-order chi connectivity index (χ1) is 12.0. The lowest BCUT2D eigenvalue weighted by Gasteiger charge is -2.06. The molecule has 2 aromatic rings. The van der Waals surface area contributed by atoms with Crippen molar-refractivity contribution in [2.45, 2.75) is 35.9 Å². The second kappa shape index (κ2) is 9.56. The summed E-state index contributed by atoms with van der Waals surface area (Å²) in [5, 5.41) is 11.4. The zero-order valence-electron chi connectivity index (χ0n) is 14.4. The van der Waals surface area contributed by atoms with Crippen molar-refractivity contribution in [2.75, 3.05) is 23.9 Å². The van der Waals surface area contributed by atoms with E-state index in [1.54, 1.807) is 6.92 Å². The lowest BCUT2D eigenvalue weighted by molar-refractivity contribution is -0.113. The molecule has 25 heavy (non-hydrogen) atoms. The third-order valence-corrected chi connectivity index (χ3v) is 7.57. The molecule has 6 nitrogen and oxygen atoms in total. The van der Waals surface area contributed by atoms with E-state index in [1.165, 1.54) is 46.2 Å². The van der Waals surface area contributed by atoms with Gasteiger partial charge in [-0.05, 0) is 32.1 Å². The van der Waals surface area contributed by atoms with E-state index in [9.17, 15) is 9.59 Å². The summed E-state index contributed by atoms with van der Waals surface area (Å²) in [6.07, 6.45) is 2.73. The number of esters is 1. The third-order valence-electron chi connectivity index (χ3n) is 3.19. The molecule has 0 aliphatic heterocycles. The number of thioether (sulfide) groups is 2. The Kier molecular flexibility index (Phi) is 7.73. The Morgan fingerprint density at radius 1 is 1.20 bits per heavy atom. The van der Waals surface area contributed by atoms with Gasteiger partial charge in [-0.15, -0.1) is 21.5 Å². The second-order valence-electron chi connectivity index (χ2n) is 4.80. The zero-order chi connectivity index (χ0) is 18.4. The average Bonchev–Trinajstić information content (AvgIpc) is 3.17. The zero-order valence-corrected chi connectivity index (χ0v) is 17.6. The molecule has 0 saturated heterocycles. The molecular weight excluding hydrogens is 398 g/mol. The van der Waals surface area contributed by atoms with E-state index >= 15 is 0 Å². The number of thiophene rings is 1. The fraction of sp³-hybridized carbons (Fsp3) is 0.467. The van der Waals surface area contributed by atoms with E-state index in [2.05, 4.69) is 15.5 Å². The number of aromatic nitrogens is 2. The van der Waals surface area contributed by atoms with Gasteiger partial charge in [0.2, 0.25) is 5.91 Å². The van der Waals surface area contributed by atoms with Crippen LogP contribution in [0.15, 0.2) is 8.68 Å². The molecule has 1 N–H and O–H groups in total. The summed E-state index contributed by atoms with van der Waals surface area (Å²) in [5.41, 5.74) is 1.34. The summed E-state index contributed by atoms with van der Waals surface area (Å²) in [5.74, 6) is -0.364. The van der Waals surface area contributed by atoms with E-state index in [4.69, 9.17) is 4.74 Å². The smallest absolute Gasteiger partial charge is 0.341 e. The number of nitrogens with zero attached hydrogens (tertiary/aromatic N) is 2. The van der Waals surface area contributed by atoms with E-state index in [-0.39, 0.29) is 11.7 Å². The number of carbonyl (C=O) groups excluding carboxylic acids is 2. The van der Waals surface area contributed by atoms with Gasteiger partial charge in [-0.25, -0.2) is 4.79 Å². The number of rotatable bonds is 8. The molecule has 136 valence electrons. The van der Waals surface area contributed by atoms with Crippen LogP contribution in [0.25, 0.3) is 0 Å². The van der Waals surface area contributed by atoms with Gasteiger partial charge in [0.25, 0.3) is 0 Å². The molecule has 0 unspecified atom stereocenters. The lowest BCUT2D eigenvalue weighted by atomic mass is 10.1. The Balaban J connectivity index is 2.07. The average molecular weight is 418 g/mol. The minimum absolute atomic E-state index is 0.180. The van der Waals surface area contributed by atoms with Gasteiger partial charge in [-0.1, -0.05) is 41.8 Å². The minimum atomic E-state index is -0.396. The SMILES string of the molecule is CCOC(=O)c1c(NC(=O)CSc2nnc(SC)s2)sc(CC)c1C. The highest BCUT2D eigenvalue weighted by Gasteiger charge is 2.23. The number of aryl methyl sites for hydroxylation is 1. The second-order valence-corrected chi connectivity index (χ2v) is 9.16. The highest BCUT2D eigenvalue weighted by Crippen LogP contribution is 2.34. The molecular formula is C15H19N3O3S4. The standard InChI is InChI=1S/C15H19N3O3S4/c1-5-9-8(3)11(13(20)21-6-2)12(24-9)16-10(19)7-23-15-18-17-14(22-4)25-15/h5-7H2,1-4H3,(H,16,19). The number of hydrogen-bond acceptors (Lipinski definition) is 9. The van der Waals surface area contributed by atoms with Crippen molar-refractivity contribution in [2.24, 2.45) is 0 Å². The Bertz CT molecular complexity index is 757. The van der Waals surface area contributed by atoms with E-state index in [0.717, 1.165) is 25.5 Å². The first-order valence-corrected chi connectivity index (χ1v) is 11.4. The molecule has 2 rings (SSSR count). The van der Waals surface area contributed by atoms with Crippen LogP contribution in [0.5, 0.6) is 0 Å². The number of nitrogens with one attached hydrogen (secondary N) is 1. The van der Waals surface area contributed by atoms with E-state index in [1.807, 2.05) is 20.1 Å². The monoisotopic (exact) mass is 417 g/mol. The largest absolute Gasteiger partial charge is 0.462 e. The molecule has 0 aliphatic rings. The van der Waals surface area contributed by atoms with Gasteiger partial charge < -0.3 is 10.1 Å². The molecule has 0 radical (unpaired) electrons. The fourth-order valence-electron chi connectivity index (χ4n) is 2.06.